The monoisotopic (exact) mass is 291 g/mol. The van der Waals surface area contributed by atoms with Gasteiger partial charge in [0.15, 0.2) is 0 Å². The molecule has 2 aromatic carbocycles. The molecule has 0 unspecified atom stereocenters. The molecule has 0 bridgehead atoms. The highest BCUT2D eigenvalue weighted by Crippen LogP contribution is 2.23. The third-order valence-corrected chi connectivity index (χ3v) is 3.07. The van der Waals surface area contributed by atoms with Crippen LogP contribution in [0.4, 0.5) is 0 Å². The molecular weight excluding hydrogens is 278 g/mol. The summed E-state index contributed by atoms with van der Waals surface area (Å²) in [6.07, 6.45) is 0. The number of phenols is 1. The van der Waals surface area contributed by atoms with E-state index in [-0.39, 0.29) is 17.2 Å². The standard InChI is InChI=1S/C15H14ClNO3/c1-20-12-6-7-13(14(18)8-12)15(19)17-9-10-2-4-11(16)5-3-10/h2-8,18H,9H2,1H3,(H,17,19). The summed E-state index contributed by atoms with van der Waals surface area (Å²) in [7, 11) is 1.50. The molecular formula is C15H14ClNO3. The lowest BCUT2D eigenvalue weighted by Crippen LogP contribution is -2.22. The van der Waals surface area contributed by atoms with E-state index in [9.17, 15) is 9.90 Å². The SMILES string of the molecule is COc1ccc(C(=O)NCc2ccc(Cl)cc2)c(O)c1. The van der Waals surface area contributed by atoms with Crippen LogP contribution in [0.3, 0.4) is 0 Å². The summed E-state index contributed by atoms with van der Waals surface area (Å²) in [4.78, 5) is 12.0. The summed E-state index contributed by atoms with van der Waals surface area (Å²) < 4.78 is 4.97. The first-order chi connectivity index (χ1) is 9.60. The summed E-state index contributed by atoms with van der Waals surface area (Å²) >= 11 is 5.79. The van der Waals surface area contributed by atoms with Gasteiger partial charge in [0.25, 0.3) is 5.91 Å². The third-order valence-electron chi connectivity index (χ3n) is 2.82. The summed E-state index contributed by atoms with van der Waals surface area (Å²) in [5.74, 6) is 0.0369. The number of methoxy groups -OCH3 is 1. The second kappa shape index (κ2) is 6.30. The number of amides is 1. The van der Waals surface area contributed by atoms with E-state index < -0.39 is 0 Å². The Morgan fingerprint density at radius 2 is 1.95 bits per heavy atom. The van der Waals surface area contributed by atoms with E-state index in [1.807, 2.05) is 12.1 Å². The first kappa shape index (κ1) is 14.2. The van der Waals surface area contributed by atoms with Gasteiger partial charge in [0.1, 0.15) is 11.5 Å². The van der Waals surface area contributed by atoms with Gasteiger partial charge >= 0.3 is 0 Å². The zero-order valence-electron chi connectivity index (χ0n) is 10.9. The van der Waals surface area contributed by atoms with Gasteiger partial charge in [-0.1, -0.05) is 23.7 Å². The molecule has 104 valence electrons. The van der Waals surface area contributed by atoms with Crippen LogP contribution in [-0.4, -0.2) is 18.1 Å². The van der Waals surface area contributed by atoms with Crippen LogP contribution in [0.2, 0.25) is 5.02 Å². The number of carbonyl (C=O) groups excluding carboxylic acids is 1. The molecule has 0 radical (unpaired) electrons. The molecule has 0 fully saturated rings. The number of carbonyl (C=O) groups is 1. The number of ether oxygens (including phenoxy) is 1. The molecule has 0 saturated heterocycles. The van der Waals surface area contributed by atoms with Crippen LogP contribution in [-0.2, 0) is 6.54 Å². The lowest BCUT2D eigenvalue weighted by atomic mass is 10.1. The molecule has 2 N–H and O–H groups in total. The van der Waals surface area contributed by atoms with E-state index in [4.69, 9.17) is 16.3 Å². The number of aromatic hydroxyl groups is 1. The molecule has 2 rings (SSSR count). The number of rotatable bonds is 4. The highest BCUT2D eigenvalue weighted by Gasteiger charge is 2.11. The second-order valence-corrected chi connectivity index (χ2v) is 4.63. The summed E-state index contributed by atoms with van der Waals surface area (Å²) in [5.41, 5.74) is 1.13. The van der Waals surface area contributed by atoms with Crippen molar-refractivity contribution in [1.82, 2.24) is 5.32 Å². The van der Waals surface area contributed by atoms with Gasteiger partial charge in [0.05, 0.1) is 12.7 Å². The molecule has 4 nitrogen and oxygen atoms in total. The zero-order valence-corrected chi connectivity index (χ0v) is 11.6. The van der Waals surface area contributed by atoms with Gasteiger partial charge in [0.2, 0.25) is 0 Å². The smallest absolute Gasteiger partial charge is 0.255 e. The Balaban J connectivity index is 2.03. The van der Waals surface area contributed by atoms with Crippen LogP contribution in [0.1, 0.15) is 15.9 Å². The fourth-order valence-electron chi connectivity index (χ4n) is 1.71. The summed E-state index contributed by atoms with van der Waals surface area (Å²) in [5, 5.41) is 13.1. The van der Waals surface area contributed by atoms with Gasteiger partial charge in [-0.3, -0.25) is 4.79 Å². The van der Waals surface area contributed by atoms with Crippen molar-refractivity contribution < 1.29 is 14.6 Å². The molecule has 0 aliphatic carbocycles. The molecule has 0 saturated carbocycles. The van der Waals surface area contributed by atoms with Gasteiger partial charge in [-0.05, 0) is 29.8 Å². The maximum atomic E-state index is 12.0. The minimum atomic E-state index is -0.347. The second-order valence-electron chi connectivity index (χ2n) is 4.19. The number of hydrogen-bond donors (Lipinski definition) is 2. The highest BCUT2D eigenvalue weighted by atomic mass is 35.5. The van der Waals surface area contributed by atoms with Gasteiger partial charge in [0, 0.05) is 17.6 Å². The molecule has 0 spiro atoms. The molecule has 0 atom stereocenters. The average Bonchev–Trinajstić information content (AvgIpc) is 2.46. The minimum absolute atomic E-state index is 0.113. The molecule has 5 heteroatoms. The van der Waals surface area contributed by atoms with Crippen molar-refractivity contribution in [3.8, 4) is 11.5 Å². The number of halogens is 1. The van der Waals surface area contributed by atoms with E-state index in [1.54, 1.807) is 18.2 Å². The highest BCUT2D eigenvalue weighted by molar-refractivity contribution is 6.30. The Labute approximate surface area is 122 Å². The predicted octanol–water partition coefficient (Wildman–Crippen LogP) is 2.98. The van der Waals surface area contributed by atoms with Gasteiger partial charge in [-0.15, -0.1) is 0 Å². The van der Waals surface area contributed by atoms with Crippen molar-refractivity contribution >= 4 is 17.5 Å². The van der Waals surface area contributed by atoms with E-state index in [0.29, 0.717) is 17.3 Å². The Kier molecular flexibility index (Phi) is 4.48. The van der Waals surface area contributed by atoms with Gasteiger partial charge < -0.3 is 15.2 Å². The van der Waals surface area contributed by atoms with Crippen molar-refractivity contribution in [3.63, 3.8) is 0 Å². The molecule has 0 heterocycles. The van der Waals surface area contributed by atoms with Gasteiger partial charge in [-0.25, -0.2) is 0 Å². The average molecular weight is 292 g/mol. The topological polar surface area (TPSA) is 58.6 Å². The van der Waals surface area contributed by atoms with Crippen LogP contribution in [0.25, 0.3) is 0 Å². The van der Waals surface area contributed by atoms with Crippen LogP contribution in [0.5, 0.6) is 11.5 Å². The van der Waals surface area contributed by atoms with Crippen LogP contribution >= 0.6 is 11.6 Å². The van der Waals surface area contributed by atoms with E-state index in [1.165, 1.54) is 19.2 Å². The summed E-state index contributed by atoms with van der Waals surface area (Å²) in [6, 6.07) is 11.7. The van der Waals surface area contributed by atoms with Gasteiger partial charge in [-0.2, -0.15) is 0 Å². The third kappa shape index (κ3) is 3.42. The fraction of sp³-hybridized carbons (Fsp3) is 0.133. The number of nitrogens with one attached hydrogen (secondary N) is 1. The molecule has 1 amide bonds. The maximum absolute atomic E-state index is 12.0. The van der Waals surface area contributed by atoms with Crippen molar-refractivity contribution in [1.29, 1.82) is 0 Å². The Hall–Kier alpha value is -2.20. The van der Waals surface area contributed by atoms with Crippen molar-refractivity contribution in [2.45, 2.75) is 6.54 Å². The quantitative estimate of drug-likeness (QED) is 0.910. The lowest BCUT2D eigenvalue weighted by molar-refractivity contribution is 0.0948. The van der Waals surface area contributed by atoms with E-state index >= 15 is 0 Å². The van der Waals surface area contributed by atoms with Crippen molar-refractivity contribution in [2.75, 3.05) is 7.11 Å². The first-order valence-corrected chi connectivity index (χ1v) is 6.37. The van der Waals surface area contributed by atoms with Crippen molar-refractivity contribution in [2.24, 2.45) is 0 Å². The van der Waals surface area contributed by atoms with E-state index in [0.717, 1.165) is 5.56 Å². The number of phenolic OH excluding ortho intramolecular Hbond substituents is 1. The number of benzene rings is 2. The predicted molar refractivity (Wildman–Crippen MR) is 77.3 cm³/mol. The Morgan fingerprint density at radius 3 is 2.55 bits per heavy atom. The molecule has 2 aromatic rings. The van der Waals surface area contributed by atoms with Crippen LogP contribution in [0.15, 0.2) is 42.5 Å². The number of hydrogen-bond acceptors (Lipinski definition) is 3. The lowest BCUT2D eigenvalue weighted by Gasteiger charge is -2.08. The molecule has 20 heavy (non-hydrogen) atoms. The van der Waals surface area contributed by atoms with E-state index in [2.05, 4.69) is 5.32 Å². The first-order valence-electron chi connectivity index (χ1n) is 6.00. The van der Waals surface area contributed by atoms with Crippen LogP contribution < -0.4 is 10.1 Å². The largest absolute Gasteiger partial charge is 0.507 e. The normalized spacial score (nSPS) is 10.1. The minimum Gasteiger partial charge on any atom is -0.507 e. The molecule has 0 aliphatic rings. The Bertz CT molecular complexity index is 611. The fourth-order valence-corrected chi connectivity index (χ4v) is 1.84. The maximum Gasteiger partial charge on any atom is 0.255 e. The molecule has 0 aliphatic heterocycles. The molecule has 0 aromatic heterocycles. The van der Waals surface area contributed by atoms with Crippen molar-refractivity contribution in [3.05, 3.63) is 58.6 Å². The summed E-state index contributed by atoms with van der Waals surface area (Å²) in [6.45, 7) is 0.363. The zero-order chi connectivity index (χ0) is 14.5. The van der Waals surface area contributed by atoms with Crippen LogP contribution in [0, 0.1) is 0 Å². The Morgan fingerprint density at radius 1 is 1.25 bits per heavy atom.